The largest absolute Gasteiger partial charge is 0.355 e. The molecule has 6 rings (SSSR count). The second-order valence-electron chi connectivity index (χ2n) is 7.48. The monoisotopic (exact) mass is 328 g/mol. The van der Waals surface area contributed by atoms with E-state index in [1.54, 1.807) is 17.4 Å². The first-order valence-corrected chi connectivity index (χ1v) is 9.45. The van der Waals surface area contributed by atoms with Crippen molar-refractivity contribution in [3.63, 3.8) is 0 Å². The molecule has 0 radical (unpaired) electrons. The molecule has 4 saturated carbocycles. The Bertz CT molecular complexity index is 693. The summed E-state index contributed by atoms with van der Waals surface area (Å²) < 4.78 is 5.34. The van der Waals surface area contributed by atoms with Gasteiger partial charge in [0.15, 0.2) is 11.5 Å². The van der Waals surface area contributed by atoms with Crippen LogP contribution in [0.2, 0.25) is 0 Å². The lowest BCUT2D eigenvalue weighted by molar-refractivity contribution is -0.0120. The molecule has 0 atom stereocenters. The van der Waals surface area contributed by atoms with Crippen molar-refractivity contribution >= 4 is 17.2 Å². The van der Waals surface area contributed by atoms with Crippen molar-refractivity contribution in [2.75, 3.05) is 0 Å². The molecule has 4 nitrogen and oxygen atoms in total. The minimum Gasteiger partial charge on any atom is -0.355 e. The molecule has 0 unspecified atom stereocenters. The summed E-state index contributed by atoms with van der Waals surface area (Å²) >= 11 is 1.59. The number of amides is 1. The first-order valence-electron chi connectivity index (χ1n) is 8.57. The molecule has 2 aromatic heterocycles. The van der Waals surface area contributed by atoms with E-state index in [1.807, 2.05) is 17.5 Å². The van der Waals surface area contributed by atoms with Crippen molar-refractivity contribution < 1.29 is 9.32 Å². The normalized spacial score (nSPS) is 34.7. The summed E-state index contributed by atoms with van der Waals surface area (Å²) in [4.78, 5) is 13.6. The first-order chi connectivity index (χ1) is 11.3. The van der Waals surface area contributed by atoms with Crippen LogP contribution in [-0.2, 0) is 0 Å². The molecule has 120 valence electrons. The number of nitrogens with one attached hydrogen (secondary N) is 1. The summed E-state index contributed by atoms with van der Waals surface area (Å²) in [6, 6.07) is 6.05. The second kappa shape index (κ2) is 5.20. The molecule has 1 amide bonds. The lowest BCUT2D eigenvalue weighted by atomic mass is 9.54. The number of aromatic nitrogens is 1. The van der Waals surface area contributed by atoms with E-state index in [2.05, 4.69) is 10.5 Å². The summed E-state index contributed by atoms with van der Waals surface area (Å²) in [7, 11) is 0. The Balaban J connectivity index is 1.32. The van der Waals surface area contributed by atoms with Crippen LogP contribution in [-0.4, -0.2) is 17.1 Å². The van der Waals surface area contributed by atoms with Crippen LogP contribution in [0.5, 0.6) is 0 Å². The molecule has 5 heteroatoms. The Hall–Kier alpha value is -1.62. The topological polar surface area (TPSA) is 55.1 Å². The quantitative estimate of drug-likeness (QED) is 0.928. The van der Waals surface area contributed by atoms with Crippen LogP contribution in [0.15, 0.2) is 28.1 Å². The van der Waals surface area contributed by atoms with E-state index in [-0.39, 0.29) is 5.91 Å². The summed E-state index contributed by atoms with van der Waals surface area (Å²) in [5.74, 6) is 3.80. The fourth-order valence-electron chi connectivity index (χ4n) is 5.30. The molecule has 4 aliphatic carbocycles. The van der Waals surface area contributed by atoms with Gasteiger partial charge in [0.05, 0.1) is 4.88 Å². The van der Waals surface area contributed by atoms with Crippen LogP contribution in [0, 0.1) is 23.7 Å². The number of hydrogen-bond acceptors (Lipinski definition) is 4. The Kier molecular flexibility index (Phi) is 3.11. The van der Waals surface area contributed by atoms with Gasteiger partial charge in [-0.15, -0.1) is 11.3 Å². The van der Waals surface area contributed by atoms with Crippen LogP contribution in [0.4, 0.5) is 0 Å². The van der Waals surface area contributed by atoms with E-state index in [4.69, 9.17) is 4.52 Å². The minimum atomic E-state index is -0.0750. The third-order valence-electron chi connectivity index (χ3n) is 6.03. The molecule has 2 aromatic rings. The number of thiophene rings is 1. The van der Waals surface area contributed by atoms with Gasteiger partial charge in [-0.3, -0.25) is 4.79 Å². The van der Waals surface area contributed by atoms with E-state index in [9.17, 15) is 4.79 Å². The van der Waals surface area contributed by atoms with Gasteiger partial charge in [0.25, 0.3) is 5.91 Å². The molecule has 4 aliphatic rings. The van der Waals surface area contributed by atoms with Crippen LogP contribution in [0.1, 0.15) is 42.6 Å². The third-order valence-corrected chi connectivity index (χ3v) is 6.92. The number of carbonyl (C=O) groups excluding carboxylic acids is 1. The summed E-state index contributed by atoms with van der Waals surface area (Å²) in [5, 5.41) is 9.25. The van der Waals surface area contributed by atoms with Gasteiger partial charge in [0.2, 0.25) is 0 Å². The molecule has 0 spiro atoms. The number of nitrogens with zero attached hydrogens (tertiary/aromatic N) is 1. The Morgan fingerprint density at radius 1 is 1.17 bits per heavy atom. The highest BCUT2D eigenvalue weighted by molar-refractivity contribution is 7.13. The van der Waals surface area contributed by atoms with Crippen molar-refractivity contribution in [2.24, 2.45) is 23.7 Å². The maximum atomic E-state index is 12.6. The molecule has 4 bridgehead atoms. The highest BCUT2D eigenvalue weighted by Crippen LogP contribution is 2.53. The summed E-state index contributed by atoms with van der Waals surface area (Å²) in [5.41, 5.74) is 0.405. The number of hydrogen-bond donors (Lipinski definition) is 1. The molecule has 1 N–H and O–H groups in total. The van der Waals surface area contributed by atoms with Crippen molar-refractivity contribution in [2.45, 2.75) is 38.1 Å². The van der Waals surface area contributed by atoms with Crippen LogP contribution >= 0.6 is 11.3 Å². The fourth-order valence-corrected chi connectivity index (χ4v) is 5.98. The highest BCUT2D eigenvalue weighted by atomic mass is 32.1. The van der Waals surface area contributed by atoms with Gasteiger partial charge >= 0.3 is 0 Å². The van der Waals surface area contributed by atoms with Crippen LogP contribution < -0.4 is 5.32 Å². The van der Waals surface area contributed by atoms with Crippen LogP contribution in [0.25, 0.3) is 10.6 Å². The zero-order valence-electron chi connectivity index (χ0n) is 12.9. The smallest absolute Gasteiger partial charge is 0.273 e. The first kappa shape index (κ1) is 13.8. The van der Waals surface area contributed by atoms with E-state index >= 15 is 0 Å². The molecule has 4 fully saturated rings. The average Bonchev–Trinajstić information content (AvgIpc) is 3.20. The van der Waals surface area contributed by atoms with Crippen molar-refractivity contribution in [1.82, 2.24) is 10.5 Å². The van der Waals surface area contributed by atoms with Gasteiger partial charge in [-0.1, -0.05) is 11.2 Å². The van der Waals surface area contributed by atoms with Gasteiger partial charge in [-0.05, 0) is 67.2 Å². The summed E-state index contributed by atoms with van der Waals surface area (Å²) in [6.07, 6.45) is 6.64. The van der Waals surface area contributed by atoms with Crippen molar-refractivity contribution in [3.05, 3.63) is 29.3 Å². The molecular weight excluding hydrogens is 308 g/mol. The Labute approximate surface area is 139 Å². The van der Waals surface area contributed by atoms with E-state index < -0.39 is 0 Å². The second-order valence-corrected chi connectivity index (χ2v) is 8.43. The van der Waals surface area contributed by atoms with E-state index in [0.29, 0.717) is 29.3 Å². The average molecular weight is 328 g/mol. The van der Waals surface area contributed by atoms with Gasteiger partial charge < -0.3 is 9.84 Å². The highest BCUT2D eigenvalue weighted by Gasteiger charge is 2.48. The fraction of sp³-hybridized carbons (Fsp3) is 0.556. The summed E-state index contributed by atoms with van der Waals surface area (Å²) in [6.45, 7) is 0. The lowest BCUT2D eigenvalue weighted by Crippen LogP contribution is -2.55. The zero-order chi connectivity index (χ0) is 15.4. The van der Waals surface area contributed by atoms with Gasteiger partial charge in [-0.2, -0.15) is 0 Å². The van der Waals surface area contributed by atoms with Gasteiger partial charge in [0, 0.05) is 12.1 Å². The SMILES string of the molecule is O=C(NC1C2CC3CC(C2)CC1C3)c1cc(-c2cccs2)on1. The molecule has 0 aliphatic heterocycles. The number of carbonyl (C=O) groups is 1. The molecule has 0 saturated heterocycles. The molecule has 2 heterocycles. The number of rotatable bonds is 3. The van der Waals surface area contributed by atoms with Crippen molar-refractivity contribution in [3.8, 4) is 10.6 Å². The van der Waals surface area contributed by atoms with Crippen molar-refractivity contribution in [1.29, 1.82) is 0 Å². The molecule has 23 heavy (non-hydrogen) atoms. The molecule has 0 aromatic carbocycles. The maximum absolute atomic E-state index is 12.6. The predicted octanol–water partition coefficient (Wildman–Crippen LogP) is 3.96. The van der Waals surface area contributed by atoms with E-state index in [0.717, 1.165) is 16.7 Å². The Morgan fingerprint density at radius 2 is 1.91 bits per heavy atom. The molecular formula is C18H20N2O2S. The third kappa shape index (κ3) is 2.33. The Morgan fingerprint density at radius 3 is 2.57 bits per heavy atom. The zero-order valence-corrected chi connectivity index (χ0v) is 13.7. The maximum Gasteiger partial charge on any atom is 0.273 e. The minimum absolute atomic E-state index is 0.0750. The lowest BCUT2D eigenvalue weighted by Gasteiger charge is -2.54. The van der Waals surface area contributed by atoms with Gasteiger partial charge in [-0.25, -0.2) is 0 Å². The van der Waals surface area contributed by atoms with E-state index in [1.165, 1.54) is 32.1 Å². The van der Waals surface area contributed by atoms with Gasteiger partial charge in [0.1, 0.15) is 0 Å². The standard InChI is InChI=1S/C18H20N2O2S/c21-18(14-9-15(22-20-14)16-2-1-3-23-16)19-17-12-5-10-4-11(7-12)8-13(17)6-10/h1-3,9-13,17H,4-8H2,(H,19,21). The van der Waals surface area contributed by atoms with Crippen LogP contribution in [0.3, 0.4) is 0 Å². The predicted molar refractivity (Wildman–Crippen MR) is 88.1 cm³/mol.